The summed E-state index contributed by atoms with van der Waals surface area (Å²) >= 11 is 3.37. The minimum Gasteiger partial charge on any atom is -0.493 e. The van der Waals surface area contributed by atoms with Crippen molar-refractivity contribution in [3.05, 3.63) is 34.3 Å². The van der Waals surface area contributed by atoms with Crippen LogP contribution >= 0.6 is 15.9 Å². The summed E-state index contributed by atoms with van der Waals surface area (Å²) in [5, 5.41) is 8.68. The molecule has 0 bridgehead atoms. The molecule has 0 aliphatic carbocycles. The number of benzene rings is 1. The molecular formula is C15H19BrO3. The Balaban J connectivity index is 2.79. The minimum atomic E-state index is -0.972. The van der Waals surface area contributed by atoms with Crippen LogP contribution in [-0.2, 0) is 4.79 Å². The van der Waals surface area contributed by atoms with E-state index in [0.29, 0.717) is 12.4 Å². The van der Waals surface area contributed by atoms with E-state index in [1.165, 1.54) is 0 Å². The van der Waals surface area contributed by atoms with Gasteiger partial charge in [-0.3, -0.25) is 0 Å². The number of halogens is 1. The van der Waals surface area contributed by atoms with Gasteiger partial charge in [0.25, 0.3) is 0 Å². The summed E-state index contributed by atoms with van der Waals surface area (Å²) in [5.74, 6) is -0.273. The molecule has 0 amide bonds. The average Bonchev–Trinajstić information content (AvgIpc) is 2.27. The highest BCUT2D eigenvalue weighted by atomic mass is 79.9. The molecule has 1 aromatic rings. The topological polar surface area (TPSA) is 46.5 Å². The fourth-order valence-corrected chi connectivity index (χ4v) is 1.79. The van der Waals surface area contributed by atoms with Gasteiger partial charge < -0.3 is 9.84 Å². The molecule has 4 heteroatoms. The number of hydrogen-bond acceptors (Lipinski definition) is 2. The molecule has 1 rings (SSSR count). The third-order valence-corrected chi connectivity index (χ3v) is 2.98. The first kappa shape index (κ1) is 15.8. The number of carboxylic acids is 1. The highest BCUT2D eigenvalue weighted by Gasteiger charge is 2.10. The third-order valence-electron chi connectivity index (χ3n) is 2.49. The highest BCUT2D eigenvalue weighted by molar-refractivity contribution is 9.10. The van der Waals surface area contributed by atoms with Gasteiger partial charge in [0.05, 0.1) is 6.61 Å². The second-order valence-electron chi connectivity index (χ2n) is 5.51. The molecule has 0 aromatic heterocycles. The van der Waals surface area contributed by atoms with Gasteiger partial charge in [-0.2, -0.15) is 0 Å². The van der Waals surface area contributed by atoms with E-state index >= 15 is 0 Å². The van der Waals surface area contributed by atoms with Gasteiger partial charge in [-0.05, 0) is 36.1 Å². The van der Waals surface area contributed by atoms with Crippen molar-refractivity contribution in [2.24, 2.45) is 5.41 Å². The molecule has 0 saturated heterocycles. The summed E-state index contributed by atoms with van der Waals surface area (Å²) in [6.45, 7) is 7.08. The zero-order chi connectivity index (χ0) is 14.5. The number of hydrogen-bond donors (Lipinski definition) is 1. The number of ether oxygens (including phenoxy) is 1. The largest absolute Gasteiger partial charge is 0.493 e. The Morgan fingerprint density at radius 1 is 1.42 bits per heavy atom. The van der Waals surface area contributed by atoms with E-state index < -0.39 is 5.97 Å². The molecule has 1 N–H and O–H groups in total. The zero-order valence-electron chi connectivity index (χ0n) is 11.4. The van der Waals surface area contributed by atoms with Crippen molar-refractivity contribution in [1.82, 2.24) is 0 Å². The van der Waals surface area contributed by atoms with Crippen LogP contribution in [0.1, 0.15) is 32.8 Å². The zero-order valence-corrected chi connectivity index (χ0v) is 13.0. The summed E-state index contributed by atoms with van der Waals surface area (Å²) in [7, 11) is 0. The molecule has 0 heterocycles. The van der Waals surface area contributed by atoms with Crippen molar-refractivity contribution in [2.75, 3.05) is 6.61 Å². The molecule has 0 atom stereocenters. The van der Waals surface area contributed by atoms with Gasteiger partial charge in [0.1, 0.15) is 5.75 Å². The van der Waals surface area contributed by atoms with Crippen LogP contribution in [0.15, 0.2) is 28.7 Å². The van der Waals surface area contributed by atoms with E-state index in [1.807, 2.05) is 18.2 Å². The maximum absolute atomic E-state index is 10.6. The molecule has 0 saturated carbocycles. The summed E-state index contributed by atoms with van der Waals surface area (Å²) in [6, 6.07) is 5.56. The fourth-order valence-electron chi connectivity index (χ4n) is 1.41. The molecule has 19 heavy (non-hydrogen) atoms. The van der Waals surface area contributed by atoms with Crippen LogP contribution in [0.4, 0.5) is 0 Å². The fraction of sp³-hybridized carbons (Fsp3) is 0.400. The van der Waals surface area contributed by atoms with Crippen LogP contribution < -0.4 is 4.74 Å². The Labute approximate surface area is 122 Å². The summed E-state index contributed by atoms with van der Waals surface area (Å²) < 4.78 is 6.62. The SMILES string of the molecule is CC(C)(C)CCOc1ccc(Br)cc1C=CC(=O)O. The molecule has 0 radical (unpaired) electrons. The maximum Gasteiger partial charge on any atom is 0.328 e. The Kier molecular flexibility index (Phi) is 5.60. The highest BCUT2D eigenvalue weighted by Crippen LogP contribution is 2.26. The van der Waals surface area contributed by atoms with Crippen molar-refractivity contribution >= 4 is 28.0 Å². The quantitative estimate of drug-likeness (QED) is 0.817. The number of carboxylic acid groups (broad SMARTS) is 1. The van der Waals surface area contributed by atoms with Crippen LogP contribution in [0.25, 0.3) is 6.08 Å². The van der Waals surface area contributed by atoms with Crippen LogP contribution in [0, 0.1) is 5.41 Å². The van der Waals surface area contributed by atoms with Crippen molar-refractivity contribution in [3.8, 4) is 5.75 Å². The van der Waals surface area contributed by atoms with Gasteiger partial charge >= 0.3 is 5.97 Å². The lowest BCUT2D eigenvalue weighted by Gasteiger charge is -2.18. The first-order chi connectivity index (χ1) is 8.78. The molecule has 0 aliphatic rings. The molecular weight excluding hydrogens is 308 g/mol. The second kappa shape index (κ2) is 6.75. The Bertz CT molecular complexity index is 473. The molecule has 0 aliphatic heterocycles. The van der Waals surface area contributed by atoms with Gasteiger partial charge in [0.2, 0.25) is 0 Å². The molecule has 0 spiro atoms. The standard InChI is InChI=1S/C15H19BrO3/c1-15(2,3)8-9-19-13-6-5-12(16)10-11(13)4-7-14(17)18/h4-7,10H,8-9H2,1-3H3,(H,17,18). The smallest absolute Gasteiger partial charge is 0.328 e. The summed E-state index contributed by atoms with van der Waals surface area (Å²) in [5.41, 5.74) is 0.970. The summed E-state index contributed by atoms with van der Waals surface area (Å²) in [4.78, 5) is 10.6. The van der Waals surface area contributed by atoms with E-state index in [-0.39, 0.29) is 5.41 Å². The lowest BCUT2D eigenvalue weighted by molar-refractivity contribution is -0.131. The van der Waals surface area contributed by atoms with Crippen molar-refractivity contribution in [2.45, 2.75) is 27.2 Å². The Hall–Kier alpha value is -1.29. The Morgan fingerprint density at radius 2 is 2.11 bits per heavy atom. The van der Waals surface area contributed by atoms with E-state index in [0.717, 1.165) is 22.5 Å². The molecule has 3 nitrogen and oxygen atoms in total. The van der Waals surface area contributed by atoms with Gasteiger partial charge in [-0.1, -0.05) is 36.7 Å². The third kappa shape index (κ3) is 6.43. The number of aliphatic carboxylic acids is 1. The predicted molar refractivity (Wildman–Crippen MR) is 80.4 cm³/mol. The molecule has 104 valence electrons. The lowest BCUT2D eigenvalue weighted by Crippen LogP contribution is -2.11. The normalized spacial score (nSPS) is 11.8. The van der Waals surface area contributed by atoms with Gasteiger partial charge in [-0.25, -0.2) is 4.79 Å². The van der Waals surface area contributed by atoms with E-state index in [2.05, 4.69) is 36.7 Å². The molecule has 0 fully saturated rings. The van der Waals surface area contributed by atoms with Gasteiger partial charge in [0.15, 0.2) is 0 Å². The molecule has 0 unspecified atom stereocenters. The van der Waals surface area contributed by atoms with Crippen molar-refractivity contribution in [1.29, 1.82) is 0 Å². The summed E-state index contributed by atoms with van der Waals surface area (Å²) in [6.07, 6.45) is 3.59. The van der Waals surface area contributed by atoms with E-state index in [1.54, 1.807) is 6.08 Å². The second-order valence-corrected chi connectivity index (χ2v) is 6.43. The number of rotatable bonds is 5. The van der Waals surface area contributed by atoms with Crippen molar-refractivity contribution in [3.63, 3.8) is 0 Å². The van der Waals surface area contributed by atoms with Crippen LogP contribution in [-0.4, -0.2) is 17.7 Å². The lowest BCUT2D eigenvalue weighted by atomic mass is 9.93. The van der Waals surface area contributed by atoms with Crippen LogP contribution in [0.5, 0.6) is 5.75 Å². The first-order valence-corrected chi connectivity index (χ1v) is 6.90. The Morgan fingerprint density at radius 3 is 2.68 bits per heavy atom. The van der Waals surface area contributed by atoms with Gasteiger partial charge in [-0.15, -0.1) is 0 Å². The predicted octanol–water partition coefficient (Wildman–Crippen LogP) is 4.36. The van der Waals surface area contributed by atoms with Crippen LogP contribution in [0.3, 0.4) is 0 Å². The maximum atomic E-state index is 10.6. The van der Waals surface area contributed by atoms with Crippen LogP contribution in [0.2, 0.25) is 0 Å². The number of carbonyl (C=O) groups is 1. The first-order valence-electron chi connectivity index (χ1n) is 6.11. The van der Waals surface area contributed by atoms with Crippen molar-refractivity contribution < 1.29 is 14.6 Å². The molecule has 1 aromatic carbocycles. The monoisotopic (exact) mass is 326 g/mol. The average molecular weight is 327 g/mol. The van der Waals surface area contributed by atoms with Gasteiger partial charge in [0, 0.05) is 16.1 Å². The van der Waals surface area contributed by atoms with E-state index in [9.17, 15) is 4.79 Å². The van der Waals surface area contributed by atoms with E-state index in [4.69, 9.17) is 9.84 Å². The minimum absolute atomic E-state index is 0.215.